The molecule has 80 valence electrons. The SMILES string of the molecule is C=S(C)Sc1cnc2c(c1)ncn2CC. The lowest BCUT2D eigenvalue weighted by atomic mass is 10.4. The van der Waals surface area contributed by atoms with Gasteiger partial charge < -0.3 is 4.57 Å². The third kappa shape index (κ3) is 2.23. The van der Waals surface area contributed by atoms with Crippen LogP contribution >= 0.6 is 20.3 Å². The lowest BCUT2D eigenvalue weighted by molar-refractivity contribution is 0.777. The minimum Gasteiger partial charge on any atom is -0.316 e. The molecule has 0 fully saturated rings. The molecule has 15 heavy (non-hydrogen) atoms. The van der Waals surface area contributed by atoms with Gasteiger partial charge in [-0.15, -0.1) is 9.52 Å². The van der Waals surface area contributed by atoms with Crippen LogP contribution in [0.4, 0.5) is 0 Å². The lowest BCUT2D eigenvalue weighted by Crippen LogP contribution is -1.92. The Hall–Kier alpha value is -0.810. The topological polar surface area (TPSA) is 30.7 Å². The number of aromatic nitrogens is 3. The maximum atomic E-state index is 4.42. The first kappa shape index (κ1) is 10.7. The molecule has 0 aromatic carbocycles. The molecule has 1 atom stereocenters. The maximum absolute atomic E-state index is 4.42. The Morgan fingerprint density at radius 2 is 2.33 bits per heavy atom. The van der Waals surface area contributed by atoms with E-state index < -0.39 is 0 Å². The molecule has 0 aliphatic carbocycles. The van der Waals surface area contributed by atoms with Gasteiger partial charge in [-0.25, -0.2) is 9.97 Å². The van der Waals surface area contributed by atoms with Gasteiger partial charge in [-0.1, -0.05) is 16.7 Å². The Labute approximate surface area is 95.2 Å². The average Bonchev–Trinajstić information content (AvgIpc) is 2.58. The average molecular weight is 239 g/mol. The van der Waals surface area contributed by atoms with Crippen molar-refractivity contribution in [1.29, 1.82) is 0 Å². The van der Waals surface area contributed by atoms with Crippen molar-refractivity contribution in [3.63, 3.8) is 0 Å². The van der Waals surface area contributed by atoms with Crippen LogP contribution in [0.3, 0.4) is 0 Å². The Kier molecular flexibility index (Phi) is 3.11. The largest absolute Gasteiger partial charge is 0.316 e. The summed E-state index contributed by atoms with van der Waals surface area (Å²) < 4.78 is 2.04. The predicted molar refractivity (Wildman–Crippen MR) is 69.7 cm³/mol. The molecule has 2 rings (SSSR count). The highest BCUT2D eigenvalue weighted by Crippen LogP contribution is 2.33. The van der Waals surface area contributed by atoms with Crippen LogP contribution in [0.1, 0.15) is 6.92 Å². The van der Waals surface area contributed by atoms with Crippen molar-refractivity contribution in [2.75, 3.05) is 6.26 Å². The molecule has 0 spiro atoms. The van der Waals surface area contributed by atoms with Gasteiger partial charge in [0.2, 0.25) is 0 Å². The highest BCUT2D eigenvalue weighted by Gasteiger charge is 2.04. The third-order valence-electron chi connectivity index (χ3n) is 2.01. The number of nitrogens with zero attached hydrogens (tertiary/aromatic N) is 3. The summed E-state index contributed by atoms with van der Waals surface area (Å²) in [5, 5.41) is 0. The molecule has 0 N–H and O–H groups in total. The Morgan fingerprint density at radius 3 is 3.00 bits per heavy atom. The lowest BCUT2D eigenvalue weighted by Gasteiger charge is -2.01. The van der Waals surface area contributed by atoms with E-state index in [1.807, 2.05) is 17.1 Å². The summed E-state index contributed by atoms with van der Waals surface area (Å²) in [6.07, 6.45) is 5.83. The fraction of sp³-hybridized carbons (Fsp3) is 0.300. The number of hydrogen-bond donors (Lipinski definition) is 0. The number of rotatable bonds is 3. The minimum absolute atomic E-state index is 0.0876. The molecule has 0 bridgehead atoms. The quantitative estimate of drug-likeness (QED) is 0.609. The zero-order chi connectivity index (χ0) is 10.8. The van der Waals surface area contributed by atoms with Crippen molar-refractivity contribution in [2.24, 2.45) is 0 Å². The summed E-state index contributed by atoms with van der Waals surface area (Å²) in [6, 6.07) is 2.08. The predicted octanol–water partition coefficient (Wildman–Crippen LogP) is 2.79. The van der Waals surface area contributed by atoms with E-state index in [9.17, 15) is 0 Å². The van der Waals surface area contributed by atoms with Crippen LogP contribution in [0.2, 0.25) is 0 Å². The Balaban J connectivity index is 2.44. The molecular formula is C10H13N3S2. The van der Waals surface area contributed by atoms with E-state index in [0.717, 1.165) is 22.6 Å². The fourth-order valence-corrected chi connectivity index (χ4v) is 3.21. The van der Waals surface area contributed by atoms with Crippen molar-refractivity contribution in [1.82, 2.24) is 14.5 Å². The smallest absolute Gasteiger partial charge is 0.159 e. The second-order valence-electron chi connectivity index (χ2n) is 3.20. The minimum atomic E-state index is 0.0876. The van der Waals surface area contributed by atoms with Crippen molar-refractivity contribution < 1.29 is 0 Å². The molecule has 0 saturated heterocycles. The van der Waals surface area contributed by atoms with Crippen LogP contribution in [0.5, 0.6) is 0 Å². The van der Waals surface area contributed by atoms with Crippen LogP contribution in [-0.2, 0) is 6.54 Å². The molecular weight excluding hydrogens is 226 g/mol. The summed E-state index contributed by atoms with van der Waals surface area (Å²) in [5.41, 5.74) is 1.93. The standard InChI is InChI=1S/C10H13N3S2/c1-4-13-7-12-9-5-8(14-15(2)3)6-11-10(9)13/h5-7H,2,4H2,1,3H3. The fourth-order valence-electron chi connectivity index (χ4n) is 1.37. The Morgan fingerprint density at radius 1 is 1.53 bits per heavy atom. The summed E-state index contributed by atoms with van der Waals surface area (Å²) in [7, 11) is 1.82. The summed E-state index contributed by atoms with van der Waals surface area (Å²) in [5.74, 6) is 3.97. The van der Waals surface area contributed by atoms with Crippen LogP contribution in [0.15, 0.2) is 23.5 Å². The molecule has 1 unspecified atom stereocenters. The van der Waals surface area contributed by atoms with Gasteiger partial charge in [-0.05, 0) is 19.2 Å². The van der Waals surface area contributed by atoms with Gasteiger partial charge in [0.15, 0.2) is 5.65 Å². The molecule has 5 heteroatoms. The number of fused-ring (bicyclic) bond motifs is 1. The van der Waals surface area contributed by atoms with Crippen molar-refractivity contribution in [2.45, 2.75) is 18.4 Å². The first-order valence-corrected chi connectivity index (χ1v) is 7.79. The number of pyridine rings is 1. The van der Waals surface area contributed by atoms with Crippen LogP contribution < -0.4 is 0 Å². The van der Waals surface area contributed by atoms with E-state index in [0.29, 0.717) is 0 Å². The van der Waals surface area contributed by atoms with E-state index >= 15 is 0 Å². The van der Waals surface area contributed by atoms with Gasteiger partial charge in [0, 0.05) is 17.6 Å². The van der Waals surface area contributed by atoms with Crippen molar-refractivity contribution in [3.05, 3.63) is 18.6 Å². The van der Waals surface area contributed by atoms with Crippen LogP contribution in [-0.4, -0.2) is 26.7 Å². The van der Waals surface area contributed by atoms with Gasteiger partial charge >= 0.3 is 0 Å². The van der Waals surface area contributed by atoms with Gasteiger partial charge in [-0.3, -0.25) is 0 Å². The van der Waals surface area contributed by atoms with Gasteiger partial charge in [0.05, 0.1) is 6.33 Å². The molecule has 0 amide bonds. The summed E-state index contributed by atoms with van der Waals surface area (Å²) in [6.45, 7) is 2.99. The van der Waals surface area contributed by atoms with E-state index in [2.05, 4.69) is 35.1 Å². The zero-order valence-electron chi connectivity index (χ0n) is 8.80. The molecule has 0 saturated carbocycles. The molecule has 2 aromatic heterocycles. The summed E-state index contributed by atoms with van der Waals surface area (Å²) in [4.78, 5) is 9.89. The Bertz CT molecular complexity index is 504. The number of hydrogen-bond acceptors (Lipinski definition) is 3. The van der Waals surface area contributed by atoms with E-state index in [4.69, 9.17) is 0 Å². The van der Waals surface area contributed by atoms with Crippen molar-refractivity contribution in [3.8, 4) is 0 Å². The summed E-state index contributed by atoms with van der Waals surface area (Å²) >= 11 is 0. The highest BCUT2D eigenvalue weighted by molar-refractivity contribution is 8.83. The molecule has 0 aliphatic rings. The van der Waals surface area contributed by atoms with E-state index in [-0.39, 0.29) is 9.52 Å². The monoisotopic (exact) mass is 239 g/mol. The van der Waals surface area contributed by atoms with E-state index in [1.54, 1.807) is 10.8 Å². The first-order valence-electron chi connectivity index (χ1n) is 4.65. The molecule has 3 nitrogen and oxygen atoms in total. The molecule has 2 aromatic rings. The number of imidazole rings is 1. The second-order valence-corrected chi connectivity index (χ2v) is 7.19. The van der Waals surface area contributed by atoms with E-state index in [1.165, 1.54) is 0 Å². The highest BCUT2D eigenvalue weighted by atomic mass is 33.1. The van der Waals surface area contributed by atoms with Gasteiger partial charge in [0.1, 0.15) is 5.52 Å². The molecule has 0 aliphatic heterocycles. The molecule has 2 heterocycles. The van der Waals surface area contributed by atoms with Gasteiger partial charge in [0.25, 0.3) is 0 Å². The zero-order valence-corrected chi connectivity index (χ0v) is 10.4. The number of aryl methyl sites for hydroxylation is 1. The second kappa shape index (κ2) is 4.37. The third-order valence-corrected chi connectivity index (χ3v) is 4.14. The molecule has 0 radical (unpaired) electrons. The maximum Gasteiger partial charge on any atom is 0.159 e. The van der Waals surface area contributed by atoms with Crippen LogP contribution in [0, 0.1) is 0 Å². The van der Waals surface area contributed by atoms with Crippen molar-refractivity contribution >= 4 is 37.3 Å². The first-order chi connectivity index (χ1) is 7.20. The van der Waals surface area contributed by atoms with Gasteiger partial charge in [-0.2, -0.15) is 0 Å². The normalized spacial score (nSPS) is 13.2. The van der Waals surface area contributed by atoms with Crippen LogP contribution in [0.25, 0.3) is 11.2 Å².